The quantitative estimate of drug-likeness (QED) is 0.800. The van der Waals surface area contributed by atoms with Gasteiger partial charge in [0.2, 0.25) is 0 Å². The summed E-state index contributed by atoms with van der Waals surface area (Å²) in [6, 6.07) is 6.94. The Morgan fingerprint density at radius 3 is 2.33 bits per heavy atom. The molecule has 0 aromatic heterocycles. The fraction of sp³-hybridized carbons (Fsp3) is 0.364. The van der Waals surface area contributed by atoms with Gasteiger partial charge in [-0.15, -0.1) is 0 Å². The third-order valence-corrected chi connectivity index (χ3v) is 2.15. The van der Waals surface area contributed by atoms with E-state index in [0.717, 1.165) is 0 Å². The number of benzene rings is 1. The summed E-state index contributed by atoms with van der Waals surface area (Å²) in [7, 11) is 3.05. The maximum absolute atomic E-state index is 10.9. The molecule has 0 heterocycles. The summed E-state index contributed by atoms with van der Waals surface area (Å²) in [4.78, 5) is 10.9. The van der Waals surface area contributed by atoms with E-state index in [-0.39, 0.29) is 6.61 Å². The van der Waals surface area contributed by atoms with Crippen LogP contribution in [0.1, 0.15) is 11.5 Å². The monoisotopic (exact) mass is 210 g/mol. The molecule has 0 spiro atoms. The summed E-state index contributed by atoms with van der Waals surface area (Å²) in [6.45, 7) is 0.168. The molecule has 0 aliphatic rings. The van der Waals surface area contributed by atoms with Crippen molar-refractivity contribution in [2.45, 2.75) is 5.92 Å². The molecule has 0 aliphatic carbocycles. The first-order chi connectivity index (χ1) is 7.19. The van der Waals surface area contributed by atoms with Gasteiger partial charge in [-0.3, -0.25) is 4.79 Å². The van der Waals surface area contributed by atoms with E-state index < -0.39 is 11.9 Å². The van der Waals surface area contributed by atoms with Gasteiger partial charge in [-0.2, -0.15) is 0 Å². The van der Waals surface area contributed by atoms with Crippen molar-refractivity contribution in [1.29, 1.82) is 0 Å². The van der Waals surface area contributed by atoms with E-state index in [9.17, 15) is 4.79 Å². The van der Waals surface area contributed by atoms with Crippen LogP contribution >= 0.6 is 0 Å². The van der Waals surface area contributed by atoms with E-state index in [2.05, 4.69) is 0 Å². The highest BCUT2D eigenvalue weighted by atomic mass is 16.5. The molecular formula is C11H14O4. The van der Waals surface area contributed by atoms with Crippen molar-refractivity contribution in [3.8, 4) is 5.75 Å². The van der Waals surface area contributed by atoms with Crippen molar-refractivity contribution < 1.29 is 19.4 Å². The van der Waals surface area contributed by atoms with E-state index in [0.29, 0.717) is 11.3 Å². The summed E-state index contributed by atoms with van der Waals surface area (Å²) in [6.07, 6.45) is 0. The second-order valence-corrected chi connectivity index (χ2v) is 3.12. The fourth-order valence-corrected chi connectivity index (χ4v) is 1.31. The zero-order valence-corrected chi connectivity index (χ0v) is 8.77. The van der Waals surface area contributed by atoms with Crippen molar-refractivity contribution in [1.82, 2.24) is 0 Å². The second-order valence-electron chi connectivity index (χ2n) is 3.12. The van der Waals surface area contributed by atoms with Crippen LogP contribution < -0.4 is 4.74 Å². The average molecular weight is 210 g/mol. The van der Waals surface area contributed by atoms with Gasteiger partial charge in [-0.25, -0.2) is 0 Å². The SMILES string of the molecule is COCC(C(=O)O)c1ccc(OC)cc1. The molecule has 1 atom stereocenters. The summed E-state index contributed by atoms with van der Waals surface area (Å²) in [5.74, 6) is -0.803. The summed E-state index contributed by atoms with van der Waals surface area (Å²) in [5, 5.41) is 8.97. The minimum Gasteiger partial charge on any atom is -0.497 e. The molecule has 0 radical (unpaired) electrons. The molecule has 4 nitrogen and oxygen atoms in total. The van der Waals surface area contributed by atoms with Gasteiger partial charge in [0.1, 0.15) is 11.7 Å². The second kappa shape index (κ2) is 5.36. The number of hydrogen-bond donors (Lipinski definition) is 1. The largest absolute Gasteiger partial charge is 0.497 e. The number of methoxy groups -OCH3 is 2. The first-order valence-corrected chi connectivity index (χ1v) is 4.54. The van der Waals surface area contributed by atoms with Gasteiger partial charge in [0.15, 0.2) is 0 Å². The molecule has 0 aliphatic heterocycles. The van der Waals surface area contributed by atoms with Gasteiger partial charge < -0.3 is 14.6 Å². The third kappa shape index (κ3) is 2.95. The molecule has 0 saturated carbocycles. The highest BCUT2D eigenvalue weighted by Crippen LogP contribution is 2.19. The maximum Gasteiger partial charge on any atom is 0.313 e. The predicted octanol–water partition coefficient (Wildman–Crippen LogP) is 1.51. The van der Waals surface area contributed by atoms with Crippen LogP contribution in [-0.4, -0.2) is 31.9 Å². The molecule has 1 rings (SSSR count). The molecular weight excluding hydrogens is 196 g/mol. The number of carboxylic acids is 1. The van der Waals surface area contributed by atoms with Crippen LogP contribution in [0.5, 0.6) is 5.75 Å². The zero-order chi connectivity index (χ0) is 11.3. The van der Waals surface area contributed by atoms with Crippen molar-refractivity contribution in [3.05, 3.63) is 29.8 Å². The van der Waals surface area contributed by atoms with E-state index >= 15 is 0 Å². The van der Waals surface area contributed by atoms with Crippen LogP contribution in [0.2, 0.25) is 0 Å². The topological polar surface area (TPSA) is 55.8 Å². The lowest BCUT2D eigenvalue weighted by atomic mass is 10.0. The normalized spacial score (nSPS) is 12.1. The van der Waals surface area contributed by atoms with Crippen LogP contribution in [0.4, 0.5) is 0 Å². The minimum atomic E-state index is -0.887. The number of hydrogen-bond acceptors (Lipinski definition) is 3. The van der Waals surface area contributed by atoms with Gasteiger partial charge in [0, 0.05) is 7.11 Å². The van der Waals surface area contributed by atoms with Crippen LogP contribution in [0.15, 0.2) is 24.3 Å². The molecule has 1 N–H and O–H groups in total. The molecule has 1 unspecified atom stereocenters. The molecule has 4 heteroatoms. The lowest BCUT2D eigenvalue weighted by Crippen LogP contribution is -2.16. The Morgan fingerprint density at radius 1 is 1.33 bits per heavy atom. The number of rotatable bonds is 5. The Balaban J connectivity index is 2.86. The highest BCUT2D eigenvalue weighted by Gasteiger charge is 2.19. The zero-order valence-electron chi connectivity index (χ0n) is 8.77. The number of aliphatic carboxylic acids is 1. The first-order valence-electron chi connectivity index (χ1n) is 4.54. The first kappa shape index (κ1) is 11.5. The van der Waals surface area contributed by atoms with Crippen molar-refractivity contribution in [2.75, 3.05) is 20.8 Å². The van der Waals surface area contributed by atoms with E-state index in [1.165, 1.54) is 7.11 Å². The molecule has 0 bridgehead atoms. The Labute approximate surface area is 88.4 Å². The Kier molecular flexibility index (Phi) is 4.12. The number of carboxylic acid groups (broad SMARTS) is 1. The fourth-order valence-electron chi connectivity index (χ4n) is 1.31. The Hall–Kier alpha value is -1.55. The minimum absolute atomic E-state index is 0.168. The van der Waals surface area contributed by atoms with Gasteiger partial charge in [-0.05, 0) is 17.7 Å². The van der Waals surface area contributed by atoms with Crippen LogP contribution in [-0.2, 0) is 9.53 Å². The Bertz CT molecular complexity index is 318. The molecule has 1 aromatic carbocycles. The van der Waals surface area contributed by atoms with Crippen LogP contribution in [0.25, 0.3) is 0 Å². The molecule has 82 valence electrons. The lowest BCUT2D eigenvalue weighted by Gasteiger charge is -2.11. The van der Waals surface area contributed by atoms with Gasteiger partial charge in [0.25, 0.3) is 0 Å². The van der Waals surface area contributed by atoms with Crippen LogP contribution in [0, 0.1) is 0 Å². The maximum atomic E-state index is 10.9. The van der Waals surface area contributed by atoms with E-state index in [1.807, 2.05) is 0 Å². The smallest absolute Gasteiger partial charge is 0.313 e. The van der Waals surface area contributed by atoms with Gasteiger partial charge >= 0.3 is 5.97 Å². The van der Waals surface area contributed by atoms with Gasteiger partial charge in [-0.1, -0.05) is 12.1 Å². The molecule has 0 amide bonds. The predicted molar refractivity (Wildman–Crippen MR) is 55.2 cm³/mol. The third-order valence-electron chi connectivity index (χ3n) is 2.15. The average Bonchev–Trinajstić information content (AvgIpc) is 2.26. The van der Waals surface area contributed by atoms with Crippen LogP contribution in [0.3, 0.4) is 0 Å². The summed E-state index contributed by atoms with van der Waals surface area (Å²) in [5.41, 5.74) is 0.713. The van der Waals surface area contributed by atoms with Crippen molar-refractivity contribution in [3.63, 3.8) is 0 Å². The molecule has 1 aromatic rings. The number of carbonyl (C=O) groups is 1. The summed E-state index contributed by atoms with van der Waals surface area (Å²) < 4.78 is 9.85. The molecule has 15 heavy (non-hydrogen) atoms. The number of ether oxygens (including phenoxy) is 2. The molecule has 0 fully saturated rings. The highest BCUT2D eigenvalue weighted by molar-refractivity contribution is 5.76. The summed E-state index contributed by atoms with van der Waals surface area (Å²) >= 11 is 0. The Morgan fingerprint density at radius 2 is 1.93 bits per heavy atom. The van der Waals surface area contributed by atoms with Crippen molar-refractivity contribution in [2.24, 2.45) is 0 Å². The van der Waals surface area contributed by atoms with E-state index in [1.54, 1.807) is 31.4 Å². The van der Waals surface area contributed by atoms with Gasteiger partial charge in [0.05, 0.1) is 13.7 Å². The standard InChI is InChI=1S/C11H14O4/c1-14-7-10(11(12)13)8-3-5-9(15-2)6-4-8/h3-6,10H,7H2,1-2H3,(H,12,13). The molecule has 0 saturated heterocycles. The van der Waals surface area contributed by atoms with Crippen molar-refractivity contribution >= 4 is 5.97 Å². The van der Waals surface area contributed by atoms with E-state index in [4.69, 9.17) is 14.6 Å². The lowest BCUT2D eigenvalue weighted by molar-refractivity contribution is -0.140.